The third kappa shape index (κ3) is 9.36. The Hall–Kier alpha value is -2.28. The van der Waals surface area contributed by atoms with Gasteiger partial charge in [0.05, 0.1) is 11.3 Å². The Kier molecular flexibility index (Phi) is 13.4. The monoisotopic (exact) mass is 318 g/mol. The summed E-state index contributed by atoms with van der Waals surface area (Å²) in [6, 6.07) is 5.32. The number of nitrogens with one attached hydrogen (secondary N) is 2. The SMILES string of the molecule is CC.CC.CC#CC(=O)Nc1ccc(C)cc1C(=O)NC(C)C. The van der Waals surface area contributed by atoms with Crippen LogP contribution in [0.5, 0.6) is 0 Å². The molecule has 1 aromatic rings. The highest BCUT2D eigenvalue weighted by Gasteiger charge is 2.13. The van der Waals surface area contributed by atoms with E-state index in [4.69, 9.17) is 0 Å². The first-order chi connectivity index (χ1) is 10.9. The van der Waals surface area contributed by atoms with Gasteiger partial charge in [0.15, 0.2) is 0 Å². The van der Waals surface area contributed by atoms with Gasteiger partial charge in [0.25, 0.3) is 11.8 Å². The van der Waals surface area contributed by atoms with Gasteiger partial charge in [-0.2, -0.15) is 0 Å². The molecule has 2 amide bonds. The van der Waals surface area contributed by atoms with Gasteiger partial charge in [0.2, 0.25) is 0 Å². The fourth-order valence-corrected chi connectivity index (χ4v) is 1.56. The zero-order valence-electron chi connectivity index (χ0n) is 15.6. The van der Waals surface area contributed by atoms with Crippen molar-refractivity contribution < 1.29 is 9.59 Å². The molecule has 0 heterocycles. The maximum atomic E-state index is 12.1. The predicted molar refractivity (Wildman–Crippen MR) is 98.6 cm³/mol. The summed E-state index contributed by atoms with van der Waals surface area (Å²) in [6.45, 7) is 15.2. The van der Waals surface area contributed by atoms with Gasteiger partial charge in [-0.15, -0.1) is 0 Å². The van der Waals surface area contributed by atoms with E-state index in [9.17, 15) is 9.59 Å². The quantitative estimate of drug-likeness (QED) is 0.823. The summed E-state index contributed by atoms with van der Waals surface area (Å²) in [5, 5.41) is 5.43. The lowest BCUT2D eigenvalue weighted by Gasteiger charge is -2.13. The van der Waals surface area contributed by atoms with Crippen molar-refractivity contribution in [2.45, 2.75) is 61.4 Å². The molecule has 0 spiro atoms. The zero-order valence-corrected chi connectivity index (χ0v) is 15.6. The Balaban J connectivity index is 0. The van der Waals surface area contributed by atoms with E-state index in [2.05, 4.69) is 22.5 Å². The van der Waals surface area contributed by atoms with Gasteiger partial charge in [-0.25, -0.2) is 0 Å². The summed E-state index contributed by atoms with van der Waals surface area (Å²) in [5.74, 6) is 4.27. The standard InChI is InChI=1S/C15H18N2O2.2C2H6/c1-5-6-14(18)17-13-8-7-11(4)9-12(13)15(19)16-10(2)3;2*1-2/h7-10H,1-4H3,(H,16,19)(H,17,18);2*1-2H3. The first-order valence-corrected chi connectivity index (χ1v) is 8.09. The lowest BCUT2D eigenvalue weighted by molar-refractivity contribution is -0.111. The number of carbonyl (C=O) groups is 2. The molecule has 1 rings (SSSR count). The largest absolute Gasteiger partial charge is 0.350 e. The van der Waals surface area contributed by atoms with Crippen molar-refractivity contribution in [1.29, 1.82) is 0 Å². The highest BCUT2D eigenvalue weighted by molar-refractivity contribution is 6.08. The summed E-state index contributed by atoms with van der Waals surface area (Å²) in [4.78, 5) is 23.5. The molecule has 0 fully saturated rings. The average molecular weight is 318 g/mol. The van der Waals surface area contributed by atoms with Crippen LogP contribution in [0.1, 0.15) is 64.4 Å². The summed E-state index contributed by atoms with van der Waals surface area (Å²) < 4.78 is 0. The first kappa shape index (κ1) is 23.0. The third-order valence-corrected chi connectivity index (χ3v) is 2.33. The van der Waals surface area contributed by atoms with E-state index in [1.54, 1.807) is 19.1 Å². The number of hydrogen-bond donors (Lipinski definition) is 2. The second-order valence-electron chi connectivity index (χ2n) is 4.51. The van der Waals surface area contributed by atoms with Crippen LogP contribution in [-0.2, 0) is 4.79 Å². The predicted octanol–water partition coefficient (Wildman–Crippen LogP) is 4.15. The Morgan fingerprint density at radius 2 is 1.65 bits per heavy atom. The van der Waals surface area contributed by atoms with Crippen molar-refractivity contribution in [3.8, 4) is 11.8 Å². The lowest BCUT2D eigenvalue weighted by Crippen LogP contribution is -2.31. The zero-order chi connectivity index (χ0) is 18.4. The number of benzene rings is 1. The molecule has 1 aromatic carbocycles. The molecule has 0 aliphatic heterocycles. The Labute approximate surface area is 141 Å². The lowest BCUT2D eigenvalue weighted by atomic mass is 10.1. The average Bonchev–Trinajstić information content (AvgIpc) is 2.52. The minimum absolute atomic E-state index is 0.0343. The Morgan fingerprint density at radius 3 is 2.13 bits per heavy atom. The fourth-order valence-electron chi connectivity index (χ4n) is 1.56. The third-order valence-electron chi connectivity index (χ3n) is 2.33. The van der Waals surface area contributed by atoms with E-state index in [1.807, 2.05) is 54.5 Å². The molecule has 0 saturated heterocycles. The van der Waals surface area contributed by atoms with E-state index in [0.717, 1.165) is 5.56 Å². The van der Waals surface area contributed by atoms with Crippen LogP contribution in [0.15, 0.2) is 18.2 Å². The molecule has 2 N–H and O–H groups in total. The van der Waals surface area contributed by atoms with Crippen LogP contribution in [0, 0.1) is 18.8 Å². The Morgan fingerprint density at radius 1 is 1.09 bits per heavy atom. The topological polar surface area (TPSA) is 58.2 Å². The van der Waals surface area contributed by atoms with Gasteiger partial charge in [0.1, 0.15) is 0 Å². The summed E-state index contributed by atoms with van der Waals surface area (Å²) in [5.41, 5.74) is 1.87. The van der Waals surface area contributed by atoms with Gasteiger partial charge < -0.3 is 10.6 Å². The van der Waals surface area contributed by atoms with Crippen molar-refractivity contribution in [3.63, 3.8) is 0 Å². The van der Waals surface area contributed by atoms with Gasteiger partial charge in [-0.05, 0) is 45.7 Å². The highest BCUT2D eigenvalue weighted by atomic mass is 16.2. The maximum Gasteiger partial charge on any atom is 0.300 e. The highest BCUT2D eigenvalue weighted by Crippen LogP contribution is 2.17. The number of aryl methyl sites for hydroxylation is 1. The molecule has 0 aromatic heterocycles. The summed E-state index contributed by atoms with van der Waals surface area (Å²) >= 11 is 0. The molecule has 0 aliphatic rings. The smallest absolute Gasteiger partial charge is 0.300 e. The summed E-state index contributed by atoms with van der Waals surface area (Å²) in [7, 11) is 0. The van der Waals surface area contributed by atoms with Crippen molar-refractivity contribution in [2.24, 2.45) is 0 Å². The number of rotatable bonds is 3. The van der Waals surface area contributed by atoms with Crippen molar-refractivity contribution in [2.75, 3.05) is 5.32 Å². The second-order valence-corrected chi connectivity index (χ2v) is 4.51. The van der Waals surface area contributed by atoms with Crippen LogP contribution in [0.2, 0.25) is 0 Å². The molecule has 0 atom stereocenters. The number of amides is 2. The molecular weight excluding hydrogens is 288 g/mol. The molecule has 128 valence electrons. The molecule has 0 bridgehead atoms. The first-order valence-electron chi connectivity index (χ1n) is 8.09. The molecular formula is C19H30N2O2. The minimum atomic E-state index is -0.426. The van der Waals surface area contributed by atoms with E-state index in [0.29, 0.717) is 11.3 Å². The molecule has 23 heavy (non-hydrogen) atoms. The fraction of sp³-hybridized carbons (Fsp3) is 0.474. The van der Waals surface area contributed by atoms with Crippen molar-refractivity contribution in [1.82, 2.24) is 5.32 Å². The van der Waals surface area contributed by atoms with Crippen LogP contribution in [0.25, 0.3) is 0 Å². The van der Waals surface area contributed by atoms with Crippen molar-refractivity contribution in [3.05, 3.63) is 29.3 Å². The van der Waals surface area contributed by atoms with Crippen LogP contribution in [0.4, 0.5) is 5.69 Å². The Bertz CT molecular complexity index is 552. The number of carbonyl (C=O) groups excluding carboxylic acids is 2. The van der Waals surface area contributed by atoms with E-state index >= 15 is 0 Å². The van der Waals surface area contributed by atoms with Crippen LogP contribution in [-0.4, -0.2) is 17.9 Å². The molecule has 0 aliphatic carbocycles. The van der Waals surface area contributed by atoms with Crippen LogP contribution >= 0.6 is 0 Å². The summed E-state index contributed by atoms with van der Waals surface area (Å²) in [6.07, 6.45) is 0. The second kappa shape index (κ2) is 13.4. The van der Waals surface area contributed by atoms with Gasteiger partial charge >= 0.3 is 0 Å². The van der Waals surface area contributed by atoms with Crippen LogP contribution in [0.3, 0.4) is 0 Å². The number of hydrogen-bond acceptors (Lipinski definition) is 2. The van der Waals surface area contributed by atoms with Crippen molar-refractivity contribution >= 4 is 17.5 Å². The van der Waals surface area contributed by atoms with Gasteiger partial charge in [-0.1, -0.05) is 45.2 Å². The molecule has 0 radical (unpaired) electrons. The molecule has 0 unspecified atom stereocenters. The van der Waals surface area contributed by atoms with E-state index < -0.39 is 5.91 Å². The number of anilines is 1. The van der Waals surface area contributed by atoms with Crippen LogP contribution < -0.4 is 10.6 Å². The molecule has 4 heteroatoms. The van der Waals surface area contributed by atoms with Gasteiger partial charge in [0, 0.05) is 6.04 Å². The molecule has 0 saturated carbocycles. The van der Waals surface area contributed by atoms with E-state index in [1.165, 1.54) is 0 Å². The maximum absolute atomic E-state index is 12.1. The normalized spacial score (nSPS) is 8.39. The van der Waals surface area contributed by atoms with E-state index in [-0.39, 0.29) is 11.9 Å². The molecule has 4 nitrogen and oxygen atoms in total. The minimum Gasteiger partial charge on any atom is -0.350 e. The van der Waals surface area contributed by atoms with Gasteiger partial charge in [-0.3, -0.25) is 9.59 Å².